The number of fused-ring (bicyclic) bond motifs is 2. The number of hydrogen-bond acceptors (Lipinski definition) is 2. The first-order valence-electron chi connectivity index (χ1n) is 7.99. The minimum atomic E-state index is 0. The molecule has 2 aliphatic rings. The summed E-state index contributed by atoms with van der Waals surface area (Å²) in [5.41, 5.74) is 8.12. The molecule has 1 saturated heterocycles. The molecule has 4 heteroatoms. The Morgan fingerprint density at radius 2 is 1.74 bits per heavy atom. The van der Waals surface area contributed by atoms with Crippen LogP contribution in [0, 0.1) is 0 Å². The number of nitrogens with one attached hydrogen (secondary N) is 1. The second-order valence-electron chi connectivity index (χ2n) is 6.04. The van der Waals surface area contributed by atoms with E-state index in [2.05, 4.69) is 23.5 Å². The summed E-state index contributed by atoms with van der Waals surface area (Å²) in [6, 6.07) is 10.6. The molecule has 1 aliphatic heterocycles. The Hall–Kier alpha value is -1.35. The molecule has 0 spiro atoms. The molecule has 2 heterocycles. The van der Waals surface area contributed by atoms with Gasteiger partial charge in [-0.1, -0.05) is 29.3 Å². The molecule has 1 aromatic carbocycles. The number of aryl methyl sites for hydroxylation is 2. The van der Waals surface area contributed by atoms with E-state index in [0.29, 0.717) is 0 Å². The minimum absolute atomic E-state index is 0. The third kappa shape index (κ3) is 3.16. The molecule has 0 radical (unpaired) electrons. The second-order valence-corrected chi connectivity index (χ2v) is 6.48. The van der Waals surface area contributed by atoms with Crippen molar-refractivity contribution in [3.05, 3.63) is 69.5 Å². The highest BCUT2D eigenvalue weighted by Gasteiger charge is 2.23. The number of rotatable bonds is 0. The van der Waals surface area contributed by atoms with Crippen LogP contribution in [0.1, 0.15) is 35.2 Å². The predicted molar refractivity (Wildman–Crippen MR) is 91.2 cm³/mol. The van der Waals surface area contributed by atoms with Crippen molar-refractivity contribution in [3.8, 4) is 0 Å². The van der Waals surface area contributed by atoms with Crippen molar-refractivity contribution >= 4 is 17.2 Å². The minimum Gasteiger partial charge on any atom is -1.00 e. The number of halogens is 2. The first kappa shape index (κ1) is 16.5. The number of aromatic nitrogens is 1. The summed E-state index contributed by atoms with van der Waals surface area (Å²) in [5, 5.41) is 4.28. The summed E-state index contributed by atoms with van der Waals surface area (Å²) >= 11 is 6.23. The van der Waals surface area contributed by atoms with Crippen LogP contribution in [0.25, 0.3) is 5.57 Å². The van der Waals surface area contributed by atoms with Gasteiger partial charge in [0.1, 0.15) is 0 Å². The molecule has 2 nitrogen and oxygen atoms in total. The monoisotopic (exact) mass is 345 g/mol. The van der Waals surface area contributed by atoms with Crippen LogP contribution < -0.4 is 17.7 Å². The van der Waals surface area contributed by atoms with Gasteiger partial charge >= 0.3 is 0 Å². The Balaban J connectivity index is 0.00000156. The topological polar surface area (TPSA) is 24.9 Å². The molecule has 0 saturated carbocycles. The first-order valence-corrected chi connectivity index (χ1v) is 8.36. The van der Waals surface area contributed by atoms with Crippen LogP contribution in [0.4, 0.5) is 0 Å². The van der Waals surface area contributed by atoms with Crippen molar-refractivity contribution < 1.29 is 12.4 Å². The third-order valence-electron chi connectivity index (χ3n) is 4.69. The van der Waals surface area contributed by atoms with Crippen LogP contribution in [-0.4, -0.2) is 18.1 Å². The Morgan fingerprint density at radius 3 is 2.57 bits per heavy atom. The van der Waals surface area contributed by atoms with Gasteiger partial charge in [-0.2, -0.15) is 0 Å². The van der Waals surface area contributed by atoms with Gasteiger partial charge in [0, 0.05) is 16.8 Å². The van der Waals surface area contributed by atoms with E-state index < -0.39 is 0 Å². The number of pyridine rings is 1. The van der Waals surface area contributed by atoms with Gasteiger partial charge in [-0.3, -0.25) is 4.98 Å². The maximum atomic E-state index is 6.23. The van der Waals surface area contributed by atoms with Gasteiger partial charge in [-0.25, -0.2) is 0 Å². The maximum Gasteiger partial charge on any atom is 0.0739 e. The fourth-order valence-electron chi connectivity index (χ4n) is 3.61. The Morgan fingerprint density at radius 1 is 0.957 bits per heavy atom. The number of piperidine rings is 1. The highest BCUT2D eigenvalue weighted by atomic mass is 35.5. The van der Waals surface area contributed by atoms with E-state index in [1.165, 1.54) is 33.5 Å². The summed E-state index contributed by atoms with van der Waals surface area (Å²) in [6.45, 7) is 2.12. The zero-order chi connectivity index (χ0) is 14.9. The first-order chi connectivity index (χ1) is 10.8. The average molecular weight is 346 g/mol. The molecule has 1 aromatic heterocycles. The molecule has 1 N–H and O–H groups in total. The lowest BCUT2D eigenvalue weighted by Gasteiger charge is -2.21. The van der Waals surface area contributed by atoms with Crippen molar-refractivity contribution in [2.75, 3.05) is 13.1 Å². The summed E-state index contributed by atoms with van der Waals surface area (Å²) < 4.78 is 0. The van der Waals surface area contributed by atoms with Crippen molar-refractivity contribution in [2.24, 2.45) is 0 Å². The third-order valence-corrected chi connectivity index (χ3v) is 4.92. The molecular weight excluding hydrogens is 327 g/mol. The molecule has 0 atom stereocenters. The normalized spacial score (nSPS) is 16.9. The lowest BCUT2D eigenvalue weighted by molar-refractivity contribution is -0.00000436. The SMILES string of the molecule is Clc1ccc2c(c1)CCc1cccnc1C2=C1CCNCC1.[Cl-]. The van der Waals surface area contributed by atoms with E-state index in [4.69, 9.17) is 16.6 Å². The fourth-order valence-corrected chi connectivity index (χ4v) is 3.81. The van der Waals surface area contributed by atoms with Crippen molar-refractivity contribution in [3.63, 3.8) is 0 Å². The van der Waals surface area contributed by atoms with Crippen LogP contribution in [-0.2, 0) is 12.8 Å². The molecule has 0 amide bonds. The van der Waals surface area contributed by atoms with Gasteiger partial charge in [0.25, 0.3) is 0 Å². The van der Waals surface area contributed by atoms with Gasteiger partial charge in [-0.05, 0) is 73.7 Å². The molecule has 2 aromatic rings. The van der Waals surface area contributed by atoms with E-state index in [0.717, 1.165) is 43.8 Å². The average Bonchev–Trinajstić information content (AvgIpc) is 2.72. The highest BCUT2D eigenvalue weighted by molar-refractivity contribution is 6.30. The molecule has 0 unspecified atom stereocenters. The molecule has 23 heavy (non-hydrogen) atoms. The number of benzene rings is 1. The molecule has 1 aliphatic carbocycles. The largest absolute Gasteiger partial charge is 1.00 e. The van der Waals surface area contributed by atoms with Crippen LogP contribution >= 0.6 is 11.6 Å². The summed E-state index contributed by atoms with van der Waals surface area (Å²) in [7, 11) is 0. The van der Waals surface area contributed by atoms with E-state index in [1.807, 2.05) is 18.3 Å². The van der Waals surface area contributed by atoms with Gasteiger partial charge in [0.15, 0.2) is 0 Å². The van der Waals surface area contributed by atoms with Gasteiger partial charge < -0.3 is 17.7 Å². The number of nitrogens with zero attached hydrogens (tertiary/aromatic N) is 1. The van der Waals surface area contributed by atoms with Crippen LogP contribution in [0.15, 0.2) is 42.1 Å². The van der Waals surface area contributed by atoms with Crippen molar-refractivity contribution in [1.29, 1.82) is 0 Å². The van der Waals surface area contributed by atoms with Crippen LogP contribution in [0.5, 0.6) is 0 Å². The summed E-state index contributed by atoms with van der Waals surface area (Å²) in [5.74, 6) is 0. The molecule has 4 rings (SSSR count). The Kier molecular flexibility index (Phi) is 5.05. The van der Waals surface area contributed by atoms with Crippen molar-refractivity contribution in [1.82, 2.24) is 10.3 Å². The molecule has 1 fully saturated rings. The zero-order valence-corrected chi connectivity index (χ0v) is 14.4. The Bertz CT molecular complexity index is 745. The fraction of sp³-hybridized carbons (Fsp3) is 0.316. The maximum absolute atomic E-state index is 6.23. The number of hydrogen-bond donors (Lipinski definition) is 1. The van der Waals surface area contributed by atoms with Crippen LogP contribution in [0.2, 0.25) is 5.02 Å². The van der Waals surface area contributed by atoms with E-state index in [-0.39, 0.29) is 12.4 Å². The smallest absolute Gasteiger partial charge is 0.0739 e. The second kappa shape index (κ2) is 7.04. The van der Waals surface area contributed by atoms with E-state index in [1.54, 1.807) is 0 Å². The molecule has 0 bridgehead atoms. The standard InChI is InChI=1S/C19H19ClN2.ClH/c20-16-5-6-17-15(12-16)4-3-14-2-1-9-22-19(14)18(17)13-7-10-21-11-8-13;/h1-2,5-6,9,12,21H,3-4,7-8,10-11H2;1H/p-1. The summed E-state index contributed by atoms with van der Waals surface area (Å²) in [4.78, 5) is 4.75. The quantitative estimate of drug-likeness (QED) is 0.771. The van der Waals surface area contributed by atoms with Gasteiger partial charge in [-0.15, -0.1) is 0 Å². The summed E-state index contributed by atoms with van der Waals surface area (Å²) in [6.07, 6.45) is 6.19. The Labute approximate surface area is 148 Å². The lowest BCUT2D eigenvalue weighted by Crippen LogP contribution is -3.00. The lowest BCUT2D eigenvalue weighted by atomic mass is 9.89. The van der Waals surface area contributed by atoms with Gasteiger partial charge in [0.2, 0.25) is 0 Å². The van der Waals surface area contributed by atoms with Crippen molar-refractivity contribution in [2.45, 2.75) is 25.7 Å². The van der Waals surface area contributed by atoms with E-state index >= 15 is 0 Å². The predicted octanol–water partition coefficient (Wildman–Crippen LogP) is 1.02. The highest BCUT2D eigenvalue weighted by Crippen LogP contribution is 2.37. The zero-order valence-electron chi connectivity index (χ0n) is 12.9. The van der Waals surface area contributed by atoms with Gasteiger partial charge in [0.05, 0.1) is 5.69 Å². The molecule has 120 valence electrons. The van der Waals surface area contributed by atoms with E-state index in [9.17, 15) is 0 Å². The van der Waals surface area contributed by atoms with Crippen LogP contribution in [0.3, 0.4) is 0 Å². The molecular formula is C19H19Cl2N2-.